The zero-order valence-corrected chi connectivity index (χ0v) is 47.8. The lowest BCUT2D eigenvalue weighted by atomic mass is 9.87. The molecule has 0 heterocycles. The fourth-order valence-corrected chi connectivity index (χ4v) is 6.58. The first-order chi connectivity index (χ1) is 28.9. The highest BCUT2D eigenvalue weighted by Gasteiger charge is 2.17. The third-order valence-corrected chi connectivity index (χ3v) is 10.0. The Morgan fingerprint density at radius 1 is 0.375 bits per heavy atom. The Kier molecular flexibility index (Phi) is 40.3. The average molecular weight is 911 g/mol. The molecule has 0 bridgehead atoms. The fraction of sp³-hybridized carbons (Fsp3) is 0.947. The van der Waals surface area contributed by atoms with Crippen molar-refractivity contribution in [1.29, 1.82) is 0 Å². The van der Waals surface area contributed by atoms with E-state index in [4.69, 9.17) is 4.74 Å². The lowest BCUT2D eigenvalue weighted by Gasteiger charge is -2.19. The molecule has 0 saturated heterocycles. The smallest absolute Gasteiger partial charge is 0.220 e. The van der Waals surface area contributed by atoms with Gasteiger partial charge in [-0.15, -0.1) is 0 Å². The second kappa shape index (κ2) is 37.4. The zero-order chi connectivity index (χ0) is 50.7. The van der Waals surface area contributed by atoms with Crippen molar-refractivity contribution in [3.8, 4) is 0 Å². The first-order valence-corrected chi connectivity index (χ1v) is 26.4. The van der Waals surface area contributed by atoms with E-state index in [-0.39, 0.29) is 34.6 Å². The second-order valence-electron chi connectivity index (χ2n) is 26.8. The molecule has 0 aliphatic carbocycles. The van der Waals surface area contributed by atoms with Gasteiger partial charge in [0.15, 0.2) is 0 Å². The Morgan fingerprint density at radius 2 is 0.672 bits per heavy atom. The summed E-state index contributed by atoms with van der Waals surface area (Å²) >= 11 is 0. The Morgan fingerprint density at radius 3 is 0.953 bits per heavy atom. The number of carbonyl (C=O) groups is 3. The molecule has 3 N–H and O–H groups in total. The van der Waals surface area contributed by atoms with Gasteiger partial charge >= 0.3 is 0 Å². The number of nitrogens with one attached hydrogen (secondary N) is 3. The van der Waals surface area contributed by atoms with Crippen LogP contribution in [-0.4, -0.2) is 49.6 Å². The molecule has 0 atom stereocenters. The highest BCUT2D eigenvalue weighted by Crippen LogP contribution is 2.26. The number of rotatable bonds is 26. The van der Waals surface area contributed by atoms with E-state index >= 15 is 0 Å². The summed E-state index contributed by atoms with van der Waals surface area (Å²) in [5.41, 5.74) is 2.13. The van der Waals surface area contributed by atoms with Gasteiger partial charge in [-0.2, -0.15) is 0 Å². The standard InChI is InChI=1S/C16H33NO.C14H29NO2.C14H30.C13H27NO/c1-15(2,3)11-9-7-8-10-12-17-14(18)13-16(4,5)6;1-12(2)17-10-8-6-7-9-15-13(16)11-14(3,4)5;1-13(2,3)11-9-7-8-10-12-14(4,5)6;1-11(2)14-12(15)9-7-6-8-10-13(3,4)5/h7-13H2,1-6H3,(H,17,18);12H,6-11H2,1-5H3,(H,15,16);7-12H2,1-6H3;11H,6-10H2,1-5H3,(H,14,15). The number of hydrogen-bond donors (Lipinski definition) is 3. The third-order valence-electron chi connectivity index (χ3n) is 10.0. The maximum atomic E-state index is 11.6. The Labute approximate surface area is 402 Å². The molecule has 0 aromatic carbocycles. The van der Waals surface area contributed by atoms with Crippen LogP contribution in [0.5, 0.6) is 0 Å². The number of amides is 3. The van der Waals surface area contributed by atoms with Crippen LogP contribution >= 0.6 is 0 Å². The largest absolute Gasteiger partial charge is 0.379 e. The zero-order valence-electron chi connectivity index (χ0n) is 47.8. The van der Waals surface area contributed by atoms with Gasteiger partial charge in [-0.25, -0.2) is 0 Å². The quantitative estimate of drug-likeness (QED) is 0.0753. The fourth-order valence-electron chi connectivity index (χ4n) is 6.58. The van der Waals surface area contributed by atoms with Crippen LogP contribution in [0.25, 0.3) is 0 Å². The van der Waals surface area contributed by atoms with Crippen LogP contribution in [0.2, 0.25) is 0 Å². The molecule has 0 aliphatic rings. The van der Waals surface area contributed by atoms with Gasteiger partial charge in [0.25, 0.3) is 0 Å². The summed E-state index contributed by atoms with van der Waals surface area (Å²) in [6.45, 7) is 50.7. The van der Waals surface area contributed by atoms with E-state index in [1.807, 2.05) is 27.7 Å². The molecule has 0 rings (SSSR count). The van der Waals surface area contributed by atoms with Crippen molar-refractivity contribution in [1.82, 2.24) is 16.0 Å². The molecule has 3 amide bonds. The highest BCUT2D eigenvalue weighted by molar-refractivity contribution is 5.77. The van der Waals surface area contributed by atoms with E-state index in [0.717, 1.165) is 51.8 Å². The van der Waals surface area contributed by atoms with Crippen molar-refractivity contribution in [2.24, 2.45) is 32.5 Å². The van der Waals surface area contributed by atoms with E-state index in [9.17, 15) is 14.4 Å². The number of hydrogen-bond acceptors (Lipinski definition) is 4. The lowest BCUT2D eigenvalue weighted by Crippen LogP contribution is -2.29. The molecule has 0 aromatic heterocycles. The predicted molar refractivity (Wildman–Crippen MR) is 284 cm³/mol. The van der Waals surface area contributed by atoms with Gasteiger partial charge in [-0.1, -0.05) is 182 Å². The maximum Gasteiger partial charge on any atom is 0.220 e. The van der Waals surface area contributed by atoms with Crippen molar-refractivity contribution in [2.75, 3.05) is 19.7 Å². The molecule has 0 aromatic rings. The number of ether oxygens (including phenoxy) is 1. The summed E-state index contributed by atoms with van der Waals surface area (Å²) in [6, 6.07) is 0.270. The average Bonchev–Trinajstić information content (AvgIpc) is 3.06. The Hall–Kier alpha value is -1.63. The number of carbonyl (C=O) groups excluding carboxylic acids is 3. The molecule has 0 spiro atoms. The SMILES string of the molecule is CC(C)(C)CCCCCCC(C)(C)C.CC(C)(C)CCCCCCNC(=O)CC(C)(C)C.CC(C)NC(=O)CCCCCC(C)(C)C.CC(C)OCCCCCNC(=O)CC(C)(C)C. The molecular formula is C57H119N3O4. The van der Waals surface area contributed by atoms with Crippen molar-refractivity contribution < 1.29 is 19.1 Å². The van der Waals surface area contributed by atoms with E-state index in [1.54, 1.807) is 0 Å². The van der Waals surface area contributed by atoms with Crippen LogP contribution in [0.4, 0.5) is 0 Å². The summed E-state index contributed by atoms with van der Waals surface area (Å²) in [4.78, 5) is 34.4. The summed E-state index contributed by atoms with van der Waals surface area (Å²) in [7, 11) is 0. The topological polar surface area (TPSA) is 96.5 Å². The Bertz CT molecular complexity index is 1080. The lowest BCUT2D eigenvalue weighted by molar-refractivity contribution is -0.123. The molecule has 0 aliphatic heterocycles. The minimum Gasteiger partial charge on any atom is -0.379 e. The van der Waals surface area contributed by atoms with Crippen molar-refractivity contribution in [3.63, 3.8) is 0 Å². The number of unbranched alkanes of at least 4 members (excludes halogenated alkanes) is 10. The molecule has 0 unspecified atom stereocenters. The molecule has 386 valence electrons. The van der Waals surface area contributed by atoms with E-state index in [1.165, 1.54) is 83.5 Å². The first kappa shape index (κ1) is 68.9. The Balaban J connectivity index is -0.000000377. The second-order valence-corrected chi connectivity index (χ2v) is 26.8. The van der Waals surface area contributed by atoms with Gasteiger partial charge in [-0.3, -0.25) is 14.4 Å². The highest BCUT2D eigenvalue weighted by atomic mass is 16.5. The van der Waals surface area contributed by atoms with Gasteiger partial charge in [0.05, 0.1) is 6.10 Å². The van der Waals surface area contributed by atoms with E-state index in [0.29, 0.717) is 47.0 Å². The molecule has 0 fully saturated rings. The molecule has 0 radical (unpaired) electrons. The van der Waals surface area contributed by atoms with Gasteiger partial charge < -0.3 is 20.7 Å². The maximum absolute atomic E-state index is 11.6. The molecule has 7 heteroatoms. The molecule has 64 heavy (non-hydrogen) atoms. The van der Waals surface area contributed by atoms with Crippen LogP contribution in [0.3, 0.4) is 0 Å². The van der Waals surface area contributed by atoms with Gasteiger partial charge in [-0.05, 0) is 118 Å². The van der Waals surface area contributed by atoms with E-state index < -0.39 is 0 Å². The van der Waals surface area contributed by atoms with Crippen molar-refractivity contribution >= 4 is 17.7 Å². The predicted octanol–water partition coefficient (Wildman–Crippen LogP) is 16.6. The summed E-state index contributed by atoms with van der Waals surface area (Å²) < 4.78 is 5.45. The van der Waals surface area contributed by atoms with Crippen LogP contribution in [0.15, 0.2) is 0 Å². The van der Waals surface area contributed by atoms with E-state index in [2.05, 4.69) is 141 Å². The molecular weight excluding hydrogens is 791 g/mol. The minimum atomic E-state index is 0.0786. The van der Waals surface area contributed by atoms with Gasteiger partial charge in [0.2, 0.25) is 17.7 Å². The summed E-state index contributed by atoms with van der Waals surface area (Å²) in [5, 5.41) is 8.88. The van der Waals surface area contributed by atoms with Gasteiger partial charge in [0, 0.05) is 45.0 Å². The normalized spacial score (nSPS) is 12.4. The van der Waals surface area contributed by atoms with Gasteiger partial charge in [0.1, 0.15) is 0 Å². The van der Waals surface area contributed by atoms with Crippen molar-refractivity contribution in [3.05, 3.63) is 0 Å². The summed E-state index contributed by atoms with van der Waals surface area (Å²) in [5.74, 6) is 0.550. The third kappa shape index (κ3) is 74.7. The first-order valence-electron chi connectivity index (χ1n) is 26.4. The van der Waals surface area contributed by atoms with Crippen LogP contribution in [0, 0.1) is 32.5 Å². The molecule has 7 nitrogen and oxygen atoms in total. The minimum absolute atomic E-state index is 0.0786. The monoisotopic (exact) mass is 910 g/mol. The van der Waals surface area contributed by atoms with Crippen LogP contribution < -0.4 is 16.0 Å². The van der Waals surface area contributed by atoms with Crippen molar-refractivity contribution in [2.45, 2.75) is 299 Å². The summed E-state index contributed by atoms with van der Waals surface area (Å²) in [6.07, 6.45) is 24.8. The van der Waals surface area contributed by atoms with Crippen LogP contribution in [0.1, 0.15) is 287 Å². The van der Waals surface area contributed by atoms with Crippen LogP contribution in [-0.2, 0) is 19.1 Å². The molecule has 0 saturated carbocycles.